The SMILES string of the molecule is CNCCC1CCN(C(=O)c2cccc(OCc3cn4ccccc4n3)c2)CC1. The maximum absolute atomic E-state index is 12.9. The van der Waals surface area contributed by atoms with Crippen molar-refractivity contribution in [2.24, 2.45) is 5.92 Å². The van der Waals surface area contributed by atoms with Crippen LogP contribution in [0.3, 0.4) is 0 Å². The van der Waals surface area contributed by atoms with Crippen LogP contribution in [0, 0.1) is 5.92 Å². The lowest BCUT2D eigenvalue weighted by atomic mass is 9.93. The average molecular weight is 393 g/mol. The fraction of sp³-hybridized carbons (Fsp3) is 0.391. The van der Waals surface area contributed by atoms with Gasteiger partial charge < -0.3 is 19.4 Å². The fourth-order valence-electron chi connectivity index (χ4n) is 3.89. The van der Waals surface area contributed by atoms with Crippen LogP contribution < -0.4 is 10.1 Å². The quantitative estimate of drug-likeness (QED) is 0.670. The molecule has 6 heteroatoms. The van der Waals surface area contributed by atoms with Crippen molar-refractivity contribution in [3.63, 3.8) is 0 Å². The molecule has 1 aliphatic rings. The van der Waals surface area contributed by atoms with Crippen LogP contribution >= 0.6 is 0 Å². The number of aromatic nitrogens is 2. The molecule has 2 aromatic heterocycles. The Kier molecular flexibility index (Phi) is 6.10. The van der Waals surface area contributed by atoms with E-state index in [1.807, 2.05) is 71.2 Å². The summed E-state index contributed by atoms with van der Waals surface area (Å²) in [5.41, 5.74) is 2.44. The predicted molar refractivity (Wildman–Crippen MR) is 113 cm³/mol. The lowest BCUT2D eigenvalue weighted by Crippen LogP contribution is -2.38. The Morgan fingerprint density at radius 1 is 1.21 bits per heavy atom. The number of imidazole rings is 1. The predicted octanol–water partition coefficient (Wildman–Crippen LogP) is 3.38. The topological polar surface area (TPSA) is 58.9 Å². The fourth-order valence-corrected chi connectivity index (χ4v) is 3.89. The van der Waals surface area contributed by atoms with Gasteiger partial charge in [0, 0.05) is 31.0 Å². The highest BCUT2D eigenvalue weighted by atomic mass is 16.5. The number of nitrogens with zero attached hydrogens (tertiary/aromatic N) is 3. The number of pyridine rings is 1. The van der Waals surface area contributed by atoms with E-state index in [0.29, 0.717) is 23.8 Å². The number of nitrogens with one attached hydrogen (secondary N) is 1. The first kappa shape index (κ1) is 19.5. The molecule has 1 fully saturated rings. The third kappa shape index (κ3) is 4.77. The Hall–Kier alpha value is -2.86. The molecule has 29 heavy (non-hydrogen) atoms. The summed E-state index contributed by atoms with van der Waals surface area (Å²) in [7, 11) is 1.99. The van der Waals surface area contributed by atoms with Crippen LogP contribution in [0.25, 0.3) is 5.65 Å². The molecule has 1 N–H and O–H groups in total. The molecule has 0 unspecified atom stereocenters. The highest BCUT2D eigenvalue weighted by molar-refractivity contribution is 5.94. The molecule has 0 aliphatic carbocycles. The zero-order valence-electron chi connectivity index (χ0n) is 16.9. The maximum Gasteiger partial charge on any atom is 0.253 e. The van der Waals surface area contributed by atoms with Gasteiger partial charge in [-0.2, -0.15) is 0 Å². The summed E-state index contributed by atoms with van der Waals surface area (Å²) < 4.78 is 7.88. The number of benzene rings is 1. The van der Waals surface area contributed by atoms with Crippen LogP contribution in [0.5, 0.6) is 5.75 Å². The standard InChI is InChI=1S/C23H28N4O2/c1-24-11-8-18-9-13-26(14-10-18)23(28)19-5-4-6-21(15-19)29-17-20-16-27-12-3-2-7-22(27)25-20/h2-7,12,15-16,18,24H,8-11,13-14,17H2,1H3. The van der Waals surface area contributed by atoms with Gasteiger partial charge in [-0.15, -0.1) is 0 Å². The van der Waals surface area contributed by atoms with Crippen molar-refractivity contribution < 1.29 is 9.53 Å². The normalized spacial score (nSPS) is 15.0. The molecule has 0 bridgehead atoms. The van der Waals surface area contributed by atoms with E-state index < -0.39 is 0 Å². The number of carbonyl (C=O) groups excluding carboxylic acids is 1. The van der Waals surface area contributed by atoms with Gasteiger partial charge in [0.1, 0.15) is 18.0 Å². The number of amides is 1. The summed E-state index contributed by atoms with van der Waals surface area (Å²) in [4.78, 5) is 19.4. The summed E-state index contributed by atoms with van der Waals surface area (Å²) >= 11 is 0. The molecule has 1 amide bonds. The Bertz CT molecular complexity index is 927. The van der Waals surface area contributed by atoms with Crippen LogP contribution in [-0.2, 0) is 6.61 Å². The summed E-state index contributed by atoms with van der Waals surface area (Å²) in [6.07, 6.45) is 7.27. The van der Waals surface area contributed by atoms with Gasteiger partial charge in [-0.25, -0.2) is 4.98 Å². The molecule has 4 rings (SSSR count). The molecule has 3 heterocycles. The Morgan fingerprint density at radius 3 is 2.86 bits per heavy atom. The van der Waals surface area contributed by atoms with Crippen molar-refractivity contribution in [1.29, 1.82) is 0 Å². The summed E-state index contributed by atoms with van der Waals surface area (Å²) in [5, 5.41) is 3.21. The molecule has 0 atom stereocenters. The van der Waals surface area contributed by atoms with E-state index in [-0.39, 0.29) is 5.91 Å². The number of carbonyl (C=O) groups is 1. The summed E-state index contributed by atoms with van der Waals surface area (Å²) in [5.74, 6) is 1.50. The van der Waals surface area contributed by atoms with Gasteiger partial charge in [-0.1, -0.05) is 12.1 Å². The first-order chi connectivity index (χ1) is 14.2. The largest absolute Gasteiger partial charge is 0.487 e. The monoisotopic (exact) mass is 392 g/mol. The van der Waals surface area contributed by atoms with Crippen LogP contribution in [-0.4, -0.2) is 46.9 Å². The van der Waals surface area contributed by atoms with Gasteiger partial charge in [0.2, 0.25) is 0 Å². The smallest absolute Gasteiger partial charge is 0.253 e. The highest BCUT2D eigenvalue weighted by Crippen LogP contribution is 2.23. The first-order valence-corrected chi connectivity index (χ1v) is 10.3. The second kappa shape index (κ2) is 9.09. The molecule has 1 aliphatic heterocycles. The van der Waals surface area contributed by atoms with Crippen LogP contribution in [0.1, 0.15) is 35.3 Å². The summed E-state index contributed by atoms with van der Waals surface area (Å²) in [6.45, 7) is 3.08. The van der Waals surface area contributed by atoms with Crippen molar-refractivity contribution in [3.05, 3.63) is 66.1 Å². The third-order valence-corrected chi connectivity index (χ3v) is 5.59. The third-order valence-electron chi connectivity index (χ3n) is 5.59. The van der Waals surface area contributed by atoms with Gasteiger partial charge in [-0.05, 0) is 69.1 Å². The van der Waals surface area contributed by atoms with Crippen molar-refractivity contribution in [1.82, 2.24) is 19.6 Å². The number of piperidine rings is 1. The zero-order valence-corrected chi connectivity index (χ0v) is 16.9. The van der Waals surface area contributed by atoms with Crippen LogP contribution in [0.2, 0.25) is 0 Å². The zero-order chi connectivity index (χ0) is 20.1. The first-order valence-electron chi connectivity index (χ1n) is 10.3. The molecule has 0 radical (unpaired) electrons. The molecule has 152 valence electrons. The van der Waals surface area contributed by atoms with E-state index in [2.05, 4.69) is 10.3 Å². The van der Waals surface area contributed by atoms with Crippen molar-refractivity contribution in [3.8, 4) is 5.75 Å². The van der Waals surface area contributed by atoms with Crippen LogP contribution in [0.15, 0.2) is 54.9 Å². The summed E-state index contributed by atoms with van der Waals surface area (Å²) in [6, 6.07) is 13.4. The van der Waals surface area contributed by atoms with E-state index in [1.54, 1.807) is 0 Å². The number of rotatable bonds is 7. The van der Waals surface area contributed by atoms with E-state index in [4.69, 9.17) is 4.74 Å². The van der Waals surface area contributed by atoms with Crippen molar-refractivity contribution in [2.45, 2.75) is 25.9 Å². The molecule has 1 saturated heterocycles. The second-order valence-electron chi connectivity index (χ2n) is 7.64. The number of ether oxygens (including phenoxy) is 1. The number of hydrogen-bond acceptors (Lipinski definition) is 4. The van der Waals surface area contributed by atoms with Gasteiger partial charge in [0.05, 0.1) is 5.69 Å². The van der Waals surface area contributed by atoms with Gasteiger partial charge in [0.25, 0.3) is 5.91 Å². The molecule has 0 spiro atoms. The van der Waals surface area contributed by atoms with Crippen LogP contribution in [0.4, 0.5) is 0 Å². The molecule has 1 aromatic carbocycles. The Labute approximate surface area is 171 Å². The minimum absolute atomic E-state index is 0.0928. The maximum atomic E-state index is 12.9. The van der Waals surface area contributed by atoms with E-state index in [9.17, 15) is 4.79 Å². The molecular weight excluding hydrogens is 364 g/mol. The van der Waals surface area contributed by atoms with E-state index in [0.717, 1.165) is 43.8 Å². The molecular formula is C23H28N4O2. The highest BCUT2D eigenvalue weighted by Gasteiger charge is 2.23. The average Bonchev–Trinajstić information content (AvgIpc) is 3.19. The Balaban J connectivity index is 1.35. The molecule has 3 aromatic rings. The van der Waals surface area contributed by atoms with Crippen molar-refractivity contribution >= 4 is 11.6 Å². The van der Waals surface area contributed by atoms with E-state index in [1.165, 1.54) is 6.42 Å². The minimum Gasteiger partial charge on any atom is -0.487 e. The Morgan fingerprint density at radius 2 is 2.07 bits per heavy atom. The lowest BCUT2D eigenvalue weighted by Gasteiger charge is -2.32. The van der Waals surface area contributed by atoms with Crippen molar-refractivity contribution in [2.75, 3.05) is 26.7 Å². The van der Waals surface area contributed by atoms with Gasteiger partial charge in [0.15, 0.2) is 0 Å². The van der Waals surface area contributed by atoms with E-state index >= 15 is 0 Å². The van der Waals surface area contributed by atoms with Gasteiger partial charge in [-0.3, -0.25) is 4.79 Å². The number of hydrogen-bond donors (Lipinski definition) is 1. The molecule has 0 saturated carbocycles. The van der Waals surface area contributed by atoms with Gasteiger partial charge >= 0.3 is 0 Å². The molecule has 6 nitrogen and oxygen atoms in total. The lowest BCUT2D eigenvalue weighted by molar-refractivity contribution is 0.0686. The minimum atomic E-state index is 0.0928. The second-order valence-corrected chi connectivity index (χ2v) is 7.64. The number of likely N-dealkylation sites (tertiary alicyclic amines) is 1. The number of fused-ring (bicyclic) bond motifs is 1.